The molecule has 2 amide bonds. The first-order valence-electron chi connectivity index (χ1n) is 8.40. The standard InChI is InChI=1S/C18H23N5O2/c1-22(2)16-10-11-17(21-20-16)25-15-9-6-12-23(13-15)18(24)19-14-7-4-3-5-8-14/h3-5,7-8,10-11,15H,6,9,12-13H2,1-2H3,(H,19,24). The maximum Gasteiger partial charge on any atom is 0.321 e. The second kappa shape index (κ2) is 7.83. The van der Waals surface area contributed by atoms with E-state index in [0.717, 1.165) is 30.9 Å². The van der Waals surface area contributed by atoms with Crippen molar-refractivity contribution in [3.8, 4) is 5.88 Å². The van der Waals surface area contributed by atoms with Crippen molar-refractivity contribution in [1.82, 2.24) is 15.1 Å². The minimum atomic E-state index is -0.103. The Morgan fingerprint density at radius 1 is 1.20 bits per heavy atom. The molecule has 1 N–H and O–H groups in total. The fourth-order valence-corrected chi connectivity index (χ4v) is 2.73. The summed E-state index contributed by atoms with van der Waals surface area (Å²) in [4.78, 5) is 16.1. The number of piperidine rings is 1. The van der Waals surface area contributed by atoms with Crippen LogP contribution in [0.15, 0.2) is 42.5 Å². The molecular formula is C18H23N5O2. The van der Waals surface area contributed by atoms with Crippen LogP contribution in [-0.4, -0.2) is 54.4 Å². The fourth-order valence-electron chi connectivity index (χ4n) is 2.73. The normalized spacial score (nSPS) is 17.0. The lowest BCUT2D eigenvalue weighted by Crippen LogP contribution is -2.46. The average Bonchev–Trinajstić information content (AvgIpc) is 2.63. The first-order chi connectivity index (χ1) is 12.1. The van der Waals surface area contributed by atoms with Gasteiger partial charge in [0.2, 0.25) is 5.88 Å². The molecule has 0 aliphatic carbocycles. The molecule has 0 spiro atoms. The molecule has 1 fully saturated rings. The minimum Gasteiger partial charge on any atom is -0.471 e. The number of benzene rings is 1. The second-order valence-corrected chi connectivity index (χ2v) is 6.25. The van der Waals surface area contributed by atoms with E-state index in [-0.39, 0.29) is 12.1 Å². The topological polar surface area (TPSA) is 70.6 Å². The van der Waals surface area contributed by atoms with E-state index in [1.807, 2.05) is 61.5 Å². The van der Waals surface area contributed by atoms with Crippen LogP contribution in [0.25, 0.3) is 0 Å². The lowest BCUT2D eigenvalue weighted by molar-refractivity contribution is 0.102. The van der Waals surface area contributed by atoms with Crippen LogP contribution < -0.4 is 15.0 Å². The van der Waals surface area contributed by atoms with Crippen molar-refractivity contribution in [2.24, 2.45) is 0 Å². The van der Waals surface area contributed by atoms with Gasteiger partial charge < -0.3 is 19.9 Å². The zero-order valence-electron chi connectivity index (χ0n) is 14.6. The molecule has 3 rings (SSSR count). The highest BCUT2D eigenvalue weighted by molar-refractivity contribution is 5.89. The Hall–Kier alpha value is -2.83. The number of carbonyl (C=O) groups is 1. The van der Waals surface area contributed by atoms with Crippen LogP contribution in [0.1, 0.15) is 12.8 Å². The van der Waals surface area contributed by atoms with Gasteiger partial charge in [-0.2, -0.15) is 0 Å². The molecule has 1 aliphatic rings. The van der Waals surface area contributed by atoms with Crippen LogP contribution in [0.4, 0.5) is 16.3 Å². The maximum atomic E-state index is 12.4. The molecule has 2 heterocycles. The van der Waals surface area contributed by atoms with Crippen LogP contribution in [-0.2, 0) is 0 Å². The first kappa shape index (κ1) is 17.0. The number of amides is 2. The quantitative estimate of drug-likeness (QED) is 0.926. The van der Waals surface area contributed by atoms with Crippen molar-refractivity contribution >= 4 is 17.5 Å². The molecule has 1 aromatic heterocycles. The van der Waals surface area contributed by atoms with Gasteiger partial charge in [-0.1, -0.05) is 18.2 Å². The third-order valence-corrected chi connectivity index (χ3v) is 4.06. The summed E-state index contributed by atoms with van der Waals surface area (Å²) in [6, 6.07) is 13.0. The predicted molar refractivity (Wildman–Crippen MR) is 97.0 cm³/mol. The highest BCUT2D eigenvalue weighted by Crippen LogP contribution is 2.18. The number of nitrogens with one attached hydrogen (secondary N) is 1. The van der Waals surface area contributed by atoms with Gasteiger partial charge in [0.15, 0.2) is 5.82 Å². The van der Waals surface area contributed by atoms with E-state index in [1.165, 1.54) is 0 Å². The lowest BCUT2D eigenvalue weighted by Gasteiger charge is -2.32. The zero-order chi connectivity index (χ0) is 17.6. The van der Waals surface area contributed by atoms with Gasteiger partial charge in [-0.05, 0) is 31.0 Å². The van der Waals surface area contributed by atoms with Crippen molar-refractivity contribution < 1.29 is 9.53 Å². The summed E-state index contributed by atoms with van der Waals surface area (Å²) in [6.07, 6.45) is 1.72. The molecule has 1 atom stereocenters. The summed E-state index contributed by atoms with van der Waals surface area (Å²) in [5, 5.41) is 11.1. The summed E-state index contributed by atoms with van der Waals surface area (Å²) in [6.45, 7) is 1.26. The summed E-state index contributed by atoms with van der Waals surface area (Å²) >= 11 is 0. The van der Waals surface area contributed by atoms with Crippen LogP contribution in [0.2, 0.25) is 0 Å². The maximum absolute atomic E-state index is 12.4. The molecule has 1 unspecified atom stereocenters. The number of carbonyl (C=O) groups excluding carboxylic acids is 1. The Kier molecular flexibility index (Phi) is 5.33. The second-order valence-electron chi connectivity index (χ2n) is 6.25. The number of hydrogen-bond donors (Lipinski definition) is 1. The number of rotatable bonds is 4. The van der Waals surface area contributed by atoms with Gasteiger partial charge >= 0.3 is 6.03 Å². The van der Waals surface area contributed by atoms with Gasteiger partial charge in [0.05, 0.1) is 6.54 Å². The monoisotopic (exact) mass is 341 g/mol. The molecule has 7 heteroatoms. The van der Waals surface area contributed by atoms with Crippen molar-refractivity contribution in [3.63, 3.8) is 0 Å². The van der Waals surface area contributed by atoms with Gasteiger partial charge in [0, 0.05) is 32.4 Å². The molecular weight excluding hydrogens is 318 g/mol. The average molecular weight is 341 g/mol. The number of para-hydroxylation sites is 1. The van der Waals surface area contributed by atoms with E-state index < -0.39 is 0 Å². The van der Waals surface area contributed by atoms with E-state index in [9.17, 15) is 4.79 Å². The Bertz CT molecular complexity index is 690. The van der Waals surface area contributed by atoms with Gasteiger partial charge in [0.1, 0.15) is 6.10 Å². The predicted octanol–water partition coefficient (Wildman–Crippen LogP) is 2.62. The molecule has 1 aliphatic heterocycles. The van der Waals surface area contributed by atoms with Crippen LogP contribution in [0.5, 0.6) is 5.88 Å². The van der Waals surface area contributed by atoms with Crippen molar-refractivity contribution in [2.75, 3.05) is 37.4 Å². The number of urea groups is 1. The van der Waals surface area contributed by atoms with Crippen molar-refractivity contribution in [3.05, 3.63) is 42.5 Å². The number of likely N-dealkylation sites (tertiary alicyclic amines) is 1. The van der Waals surface area contributed by atoms with E-state index >= 15 is 0 Å². The van der Waals surface area contributed by atoms with E-state index in [1.54, 1.807) is 4.90 Å². The molecule has 7 nitrogen and oxygen atoms in total. The smallest absolute Gasteiger partial charge is 0.321 e. The highest BCUT2D eigenvalue weighted by Gasteiger charge is 2.25. The molecule has 132 valence electrons. The molecule has 25 heavy (non-hydrogen) atoms. The Morgan fingerprint density at radius 2 is 2.00 bits per heavy atom. The van der Waals surface area contributed by atoms with Gasteiger partial charge in [-0.25, -0.2) is 4.79 Å². The molecule has 1 saturated heterocycles. The number of ether oxygens (including phenoxy) is 1. The molecule has 0 radical (unpaired) electrons. The lowest BCUT2D eigenvalue weighted by atomic mass is 10.1. The summed E-state index contributed by atoms with van der Waals surface area (Å²) < 4.78 is 5.91. The first-order valence-corrected chi connectivity index (χ1v) is 8.40. The Labute approximate surface area is 147 Å². The van der Waals surface area contributed by atoms with Crippen LogP contribution in [0, 0.1) is 0 Å². The van der Waals surface area contributed by atoms with Crippen LogP contribution >= 0.6 is 0 Å². The number of anilines is 2. The van der Waals surface area contributed by atoms with Gasteiger partial charge in [-0.15, -0.1) is 10.2 Å². The summed E-state index contributed by atoms with van der Waals surface area (Å²) in [7, 11) is 3.82. The molecule has 0 saturated carbocycles. The number of nitrogens with zero attached hydrogens (tertiary/aromatic N) is 4. The van der Waals surface area contributed by atoms with Crippen molar-refractivity contribution in [2.45, 2.75) is 18.9 Å². The van der Waals surface area contributed by atoms with Gasteiger partial charge in [-0.3, -0.25) is 0 Å². The molecule has 2 aromatic rings. The third kappa shape index (κ3) is 4.59. The Balaban J connectivity index is 1.56. The van der Waals surface area contributed by atoms with E-state index in [2.05, 4.69) is 15.5 Å². The van der Waals surface area contributed by atoms with E-state index in [0.29, 0.717) is 12.4 Å². The summed E-state index contributed by atoms with van der Waals surface area (Å²) in [5.41, 5.74) is 0.792. The Morgan fingerprint density at radius 3 is 2.68 bits per heavy atom. The van der Waals surface area contributed by atoms with Crippen LogP contribution in [0.3, 0.4) is 0 Å². The highest BCUT2D eigenvalue weighted by atomic mass is 16.5. The van der Waals surface area contributed by atoms with Crippen molar-refractivity contribution in [1.29, 1.82) is 0 Å². The molecule has 0 bridgehead atoms. The number of hydrogen-bond acceptors (Lipinski definition) is 5. The minimum absolute atomic E-state index is 0.0743. The SMILES string of the molecule is CN(C)c1ccc(OC2CCCN(C(=O)Nc3ccccc3)C2)nn1. The fraction of sp³-hybridized carbons (Fsp3) is 0.389. The summed E-state index contributed by atoms with van der Waals surface area (Å²) in [5.74, 6) is 1.26. The van der Waals surface area contributed by atoms with E-state index in [4.69, 9.17) is 4.74 Å². The number of aromatic nitrogens is 2. The molecule has 1 aromatic carbocycles. The van der Waals surface area contributed by atoms with Gasteiger partial charge in [0.25, 0.3) is 0 Å². The zero-order valence-corrected chi connectivity index (χ0v) is 14.6. The third-order valence-electron chi connectivity index (χ3n) is 4.06. The largest absolute Gasteiger partial charge is 0.471 e.